The van der Waals surface area contributed by atoms with Crippen molar-refractivity contribution in [2.75, 3.05) is 0 Å². The van der Waals surface area contributed by atoms with Gasteiger partial charge in [0.1, 0.15) is 11.4 Å². The van der Waals surface area contributed by atoms with Gasteiger partial charge in [-0.2, -0.15) is 5.26 Å². The number of nitro benzene ring substituents is 1. The van der Waals surface area contributed by atoms with E-state index in [1.807, 2.05) is 0 Å². The van der Waals surface area contributed by atoms with Gasteiger partial charge >= 0.3 is 5.69 Å². The van der Waals surface area contributed by atoms with Crippen LogP contribution in [0.1, 0.15) is 39.0 Å². The van der Waals surface area contributed by atoms with Crippen LogP contribution in [-0.4, -0.2) is 22.5 Å². The number of carbonyl (C=O) groups excluding carboxylic acids is 1. The summed E-state index contributed by atoms with van der Waals surface area (Å²) in [7, 11) is 0. The van der Waals surface area contributed by atoms with Crippen LogP contribution in [0.2, 0.25) is 0 Å². The van der Waals surface area contributed by atoms with Gasteiger partial charge in [0.15, 0.2) is 6.10 Å². The number of hydrogen-bond acceptors (Lipinski definition) is 5. The summed E-state index contributed by atoms with van der Waals surface area (Å²) in [4.78, 5) is 22.5. The molecule has 0 bridgehead atoms. The van der Waals surface area contributed by atoms with Crippen molar-refractivity contribution >= 4 is 11.6 Å². The fraction of sp³-hybridized carbons (Fsp3) is 0.500. The first-order valence-electron chi connectivity index (χ1n) is 7.71. The molecule has 128 valence electrons. The summed E-state index contributed by atoms with van der Waals surface area (Å²) in [6, 6.07) is 4.94. The van der Waals surface area contributed by atoms with Crippen molar-refractivity contribution in [2.45, 2.75) is 50.7 Å². The van der Waals surface area contributed by atoms with Crippen molar-refractivity contribution in [1.82, 2.24) is 5.32 Å². The minimum atomic E-state index is -1.10. The summed E-state index contributed by atoms with van der Waals surface area (Å²) in [6.07, 6.45) is 2.72. The zero-order chi connectivity index (χ0) is 17.7. The molecule has 0 spiro atoms. The molecule has 1 N–H and O–H groups in total. The van der Waals surface area contributed by atoms with Crippen LogP contribution in [0.25, 0.3) is 0 Å². The Balaban J connectivity index is 2.11. The number of rotatable bonds is 5. The second-order valence-corrected chi connectivity index (χ2v) is 5.87. The lowest BCUT2D eigenvalue weighted by molar-refractivity contribution is -0.386. The molecule has 1 aliphatic rings. The first kappa shape index (κ1) is 17.7. The molecule has 1 aliphatic carbocycles. The molecule has 0 aromatic heterocycles. The summed E-state index contributed by atoms with van der Waals surface area (Å²) in [5, 5.41) is 23.0. The predicted octanol–water partition coefficient (Wildman–Crippen LogP) is 2.84. The van der Waals surface area contributed by atoms with Crippen LogP contribution in [-0.2, 0) is 4.79 Å². The fourth-order valence-corrected chi connectivity index (χ4v) is 2.73. The van der Waals surface area contributed by atoms with E-state index < -0.39 is 34.0 Å². The molecule has 8 heteroatoms. The fourth-order valence-electron chi connectivity index (χ4n) is 2.73. The van der Waals surface area contributed by atoms with Crippen LogP contribution >= 0.6 is 0 Å². The van der Waals surface area contributed by atoms with Crippen molar-refractivity contribution < 1.29 is 18.8 Å². The standard InChI is InChI=1S/C16H18FN3O4/c1-11(15(21)19-16(10-18)7-3-2-4-8-16)24-14-9-12(17)5-6-13(14)20(22)23/h5-6,9,11H,2-4,7-8H2,1H3,(H,19,21). The topological polar surface area (TPSA) is 105 Å². The molecule has 0 saturated heterocycles. The van der Waals surface area contributed by atoms with Crippen LogP contribution in [0.15, 0.2) is 18.2 Å². The van der Waals surface area contributed by atoms with E-state index in [-0.39, 0.29) is 5.75 Å². The highest BCUT2D eigenvalue weighted by Gasteiger charge is 2.35. The molecule has 1 saturated carbocycles. The van der Waals surface area contributed by atoms with E-state index in [2.05, 4.69) is 11.4 Å². The van der Waals surface area contributed by atoms with Crippen molar-refractivity contribution in [1.29, 1.82) is 5.26 Å². The molecule has 1 fully saturated rings. The van der Waals surface area contributed by atoms with Gasteiger partial charge in [-0.15, -0.1) is 0 Å². The Kier molecular flexibility index (Phi) is 5.34. The number of ether oxygens (including phenoxy) is 1. The minimum absolute atomic E-state index is 0.322. The number of amides is 1. The number of carbonyl (C=O) groups is 1. The van der Waals surface area contributed by atoms with Gasteiger partial charge in [-0.3, -0.25) is 14.9 Å². The van der Waals surface area contributed by atoms with E-state index in [1.54, 1.807) is 0 Å². The lowest BCUT2D eigenvalue weighted by atomic mass is 9.83. The van der Waals surface area contributed by atoms with Crippen LogP contribution in [0.4, 0.5) is 10.1 Å². The molecule has 24 heavy (non-hydrogen) atoms. The van der Waals surface area contributed by atoms with Crippen molar-refractivity contribution in [3.63, 3.8) is 0 Å². The lowest BCUT2D eigenvalue weighted by Gasteiger charge is -2.32. The van der Waals surface area contributed by atoms with E-state index in [4.69, 9.17) is 4.74 Å². The minimum Gasteiger partial charge on any atom is -0.474 e. The van der Waals surface area contributed by atoms with E-state index in [1.165, 1.54) is 6.92 Å². The summed E-state index contributed by atoms with van der Waals surface area (Å²) in [5.74, 6) is -1.58. The van der Waals surface area contributed by atoms with E-state index in [0.717, 1.165) is 37.5 Å². The summed E-state index contributed by atoms with van der Waals surface area (Å²) >= 11 is 0. The first-order valence-corrected chi connectivity index (χ1v) is 7.71. The quantitative estimate of drug-likeness (QED) is 0.658. The lowest BCUT2D eigenvalue weighted by Crippen LogP contribution is -2.52. The normalized spacial score (nSPS) is 17.4. The highest BCUT2D eigenvalue weighted by Crippen LogP contribution is 2.30. The predicted molar refractivity (Wildman–Crippen MR) is 82.7 cm³/mol. The van der Waals surface area contributed by atoms with Crippen molar-refractivity contribution in [3.05, 3.63) is 34.1 Å². The average molecular weight is 335 g/mol. The summed E-state index contributed by atoms with van der Waals surface area (Å²) < 4.78 is 18.6. The van der Waals surface area contributed by atoms with Gasteiger partial charge in [-0.25, -0.2) is 4.39 Å². The average Bonchev–Trinajstić information content (AvgIpc) is 2.55. The van der Waals surface area contributed by atoms with Gasteiger partial charge in [0.2, 0.25) is 5.75 Å². The number of hydrogen-bond donors (Lipinski definition) is 1. The van der Waals surface area contributed by atoms with Crippen LogP contribution in [0, 0.1) is 27.3 Å². The molecule has 1 aromatic carbocycles. The molecule has 0 heterocycles. The van der Waals surface area contributed by atoms with Gasteiger partial charge in [-0.1, -0.05) is 19.3 Å². The molecular formula is C16H18FN3O4. The largest absolute Gasteiger partial charge is 0.474 e. The highest BCUT2D eigenvalue weighted by atomic mass is 19.1. The maximum absolute atomic E-state index is 13.3. The third-order valence-electron chi connectivity index (χ3n) is 4.08. The molecule has 2 rings (SSSR count). The monoisotopic (exact) mass is 335 g/mol. The summed E-state index contributed by atoms with van der Waals surface area (Å²) in [5.41, 5.74) is -1.36. The van der Waals surface area contributed by atoms with E-state index in [0.29, 0.717) is 12.8 Å². The number of halogens is 1. The van der Waals surface area contributed by atoms with Gasteiger partial charge in [0, 0.05) is 12.1 Å². The Morgan fingerprint density at radius 1 is 1.46 bits per heavy atom. The third-order valence-corrected chi connectivity index (χ3v) is 4.08. The molecule has 0 aliphatic heterocycles. The number of nitrogens with one attached hydrogen (secondary N) is 1. The molecular weight excluding hydrogens is 317 g/mol. The Bertz CT molecular complexity index is 680. The van der Waals surface area contributed by atoms with Crippen molar-refractivity contribution in [2.24, 2.45) is 0 Å². The van der Waals surface area contributed by atoms with E-state index >= 15 is 0 Å². The first-order chi connectivity index (χ1) is 11.4. The summed E-state index contributed by atoms with van der Waals surface area (Å²) in [6.45, 7) is 1.40. The Morgan fingerprint density at radius 2 is 2.12 bits per heavy atom. The maximum atomic E-state index is 13.3. The molecule has 1 unspecified atom stereocenters. The molecule has 0 radical (unpaired) electrons. The Labute approximate surface area is 138 Å². The number of nitriles is 1. The van der Waals surface area contributed by atoms with Crippen LogP contribution in [0.3, 0.4) is 0 Å². The smallest absolute Gasteiger partial charge is 0.311 e. The number of nitrogens with zero attached hydrogens (tertiary/aromatic N) is 2. The second-order valence-electron chi connectivity index (χ2n) is 5.87. The van der Waals surface area contributed by atoms with Gasteiger partial charge in [0.25, 0.3) is 5.91 Å². The SMILES string of the molecule is CC(Oc1cc(F)ccc1[N+](=O)[O-])C(=O)NC1(C#N)CCCCC1. The Morgan fingerprint density at radius 3 is 2.71 bits per heavy atom. The number of benzene rings is 1. The van der Waals surface area contributed by atoms with E-state index in [9.17, 15) is 24.6 Å². The van der Waals surface area contributed by atoms with Crippen LogP contribution in [0.5, 0.6) is 5.75 Å². The van der Waals surface area contributed by atoms with Crippen LogP contribution < -0.4 is 10.1 Å². The zero-order valence-electron chi connectivity index (χ0n) is 13.3. The third kappa shape index (κ3) is 3.98. The second kappa shape index (κ2) is 7.25. The van der Waals surface area contributed by atoms with Gasteiger partial charge < -0.3 is 10.1 Å². The van der Waals surface area contributed by atoms with Gasteiger partial charge in [-0.05, 0) is 25.8 Å². The zero-order valence-corrected chi connectivity index (χ0v) is 13.3. The van der Waals surface area contributed by atoms with Crippen molar-refractivity contribution in [3.8, 4) is 11.8 Å². The molecule has 7 nitrogen and oxygen atoms in total. The Hall–Kier alpha value is -2.69. The maximum Gasteiger partial charge on any atom is 0.311 e. The molecule has 1 amide bonds. The highest BCUT2D eigenvalue weighted by molar-refractivity contribution is 5.82. The molecule has 1 aromatic rings. The number of nitro groups is 1. The molecule has 1 atom stereocenters. The van der Waals surface area contributed by atoms with Gasteiger partial charge in [0.05, 0.1) is 11.0 Å².